The van der Waals surface area contributed by atoms with Gasteiger partial charge in [0, 0.05) is 5.92 Å². The topological polar surface area (TPSA) is 121 Å². The van der Waals surface area contributed by atoms with Crippen LogP contribution in [-0.4, -0.2) is 42.6 Å². The number of aromatic nitrogens is 6. The van der Waals surface area contributed by atoms with Crippen LogP contribution in [0.2, 0.25) is 5.28 Å². The minimum Gasteiger partial charge on any atom is -0.359 e. The van der Waals surface area contributed by atoms with Crippen LogP contribution in [0.25, 0.3) is 11.2 Å². The van der Waals surface area contributed by atoms with E-state index in [0.29, 0.717) is 22.1 Å². The molecule has 0 aliphatic rings. The zero-order valence-corrected chi connectivity index (χ0v) is 13.9. The molecule has 3 heterocycles. The molecule has 23 heavy (non-hydrogen) atoms. The summed E-state index contributed by atoms with van der Waals surface area (Å²) in [6.45, 7) is 4.03. The number of hydrogen-bond donors (Lipinski definition) is 3. The fourth-order valence-electron chi connectivity index (χ4n) is 1.78. The highest BCUT2D eigenvalue weighted by Crippen LogP contribution is 2.22. The maximum absolute atomic E-state index is 12.0. The Morgan fingerprint density at radius 3 is 2.96 bits per heavy atom. The normalized spacial score (nSPS) is 11.1. The van der Waals surface area contributed by atoms with Crippen LogP contribution < -0.4 is 10.6 Å². The van der Waals surface area contributed by atoms with Crippen molar-refractivity contribution in [2.45, 2.75) is 19.8 Å². The van der Waals surface area contributed by atoms with E-state index in [1.165, 1.54) is 17.7 Å². The molecule has 3 aromatic heterocycles. The van der Waals surface area contributed by atoms with Gasteiger partial charge in [-0.3, -0.25) is 10.1 Å². The monoisotopic (exact) mass is 352 g/mol. The quantitative estimate of drug-likeness (QED) is 0.600. The van der Waals surface area contributed by atoms with E-state index in [1.807, 2.05) is 13.8 Å². The summed E-state index contributed by atoms with van der Waals surface area (Å²) in [4.78, 5) is 26.9. The second-order valence-corrected chi connectivity index (χ2v) is 6.29. The number of carbonyl (C=O) groups is 1. The van der Waals surface area contributed by atoms with Gasteiger partial charge in [-0.05, 0) is 11.6 Å². The number of anilines is 2. The van der Waals surface area contributed by atoms with E-state index in [0.717, 1.165) is 5.01 Å². The predicted octanol–water partition coefficient (Wildman–Crippen LogP) is 2.03. The number of imidazole rings is 1. The summed E-state index contributed by atoms with van der Waals surface area (Å²) in [5.74, 6) is 0.416. The molecule has 0 spiro atoms. The smallest absolute Gasteiger partial charge is 0.245 e. The van der Waals surface area contributed by atoms with Crippen LogP contribution in [0.4, 0.5) is 10.9 Å². The van der Waals surface area contributed by atoms with Gasteiger partial charge in [0.2, 0.25) is 16.3 Å². The third-order valence-electron chi connectivity index (χ3n) is 2.86. The average molecular weight is 353 g/mol. The SMILES string of the molecule is CC(C)c1nnc(NC(=O)CNc2nc(Cl)nc3nc[nH]c23)s1. The van der Waals surface area contributed by atoms with Gasteiger partial charge >= 0.3 is 0 Å². The summed E-state index contributed by atoms with van der Waals surface area (Å²) in [5.41, 5.74) is 1.01. The van der Waals surface area contributed by atoms with Gasteiger partial charge in [0.25, 0.3) is 0 Å². The first-order valence-corrected chi connectivity index (χ1v) is 7.96. The summed E-state index contributed by atoms with van der Waals surface area (Å²) in [6, 6.07) is 0. The second-order valence-electron chi connectivity index (χ2n) is 4.94. The van der Waals surface area contributed by atoms with Crippen LogP contribution in [0, 0.1) is 0 Å². The van der Waals surface area contributed by atoms with Gasteiger partial charge in [-0.15, -0.1) is 10.2 Å². The highest BCUT2D eigenvalue weighted by atomic mass is 35.5. The van der Waals surface area contributed by atoms with Crippen LogP contribution in [0.3, 0.4) is 0 Å². The van der Waals surface area contributed by atoms with E-state index in [-0.39, 0.29) is 23.7 Å². The second kappa shape index (κ2) is 6.42. The van der Waals surface area contributed by atoms with E-state index >= 15 is 0 Å². The Hall–Kier alpha value is -2.33. The summed E-state index contributed by atoms with van der Waals surface area (Å²) >= 11 is 7.18. The summed E-state index contributed by atoms with van der Waals surface area (Å²) in [7, 11) is 0. The minimum absolute atomic E-state index is 0.00193. The molecule has 3 aromatic rings. The lowest BCUT2D eigenvalue weighted by Crippen LogP contribution is -2.22. The van der Waals surface area contributed by atoms with Crippen molar-refractivity contribution in [1.82, 2.24) is 30.1 Å². The molecule has 3 N–H and O–H groups in total. The Bertz CT molecular complexity index is 845. The Morgan fingerprint density at radius 2 is 2.22 bits per heavy atom. The molecule has 0 fully saturated rings. The number of nitrogens with zero attached hydrogens (tertiary/aromatic N) is 5. The van der Waals surface area contributed by atoms with Gasteiger partial charge in [0.05, 0.1) is 12.9 Å². The fraction of sp³-hybridized carbons (Fsp3) is 0.333. The van der Waals surface area contributed by atoms with E-state index in [9.17, 15) is 4.79 Å². The first-order chi connectivity index (χ1) is 11.0. The first kappa shape index (κ1) is 15.6. The number of amides is 1. The molecule has 0 aliphatic heterocycles. The van der Waals surface area contributed by atoms with Gasteiger partial charge < -0.3 is 10.3 Å². The number of fused-ring (bicyclic) bond motifs is 1. The minimum atomic E-state index is -0.265. The number of carbonyl (C=O) groups excluding carboxylic acids is 1. The highest BCUT2D eigenvalue weighted by molar-refractivity contribution is 7.15. The van der Waals surface area contributed by atoms with Crippen LogP contribution in [0.5, 0.6) is 0 Å². The van der Waals surface area contributed by atoms with Gasteiger partial charge in [-0.2, -0.15) is 9.97 Å². The molecule has 0 aromatic carbocycles. The van der Waals surface area contributed by atoms with Crippen LogP contribution in [-0.2, 0) is 4.79 Å². The molecule has 120 valence electrons. The zero-order chi connectivity index (χ0) is 16.4. The van der Waals surface area contributed by atoms with Gasteiger partial charge in [-0.25, -0.2) is 4.98 Å². The van der Waals surface area contributed by atoms with Crippen LogP contribution >= 0.6 is 22.9 Å². The van der Waals surface area contributed by atoms with Crippen LogP contribution in [0.15, 0.2) is 6.33 Å². The lowest BCUT2D eigenvalue weighted by molar-refractivity contribution is -0.114. The van der Waals surface area contributed by atoms with Crippen molar-refractivity contribution < 1.29 is 4.79 Å². The first-order valence-electron chi connectivity index (χ1n) is 6.76. The van der Waals surface area contributed by atoms with Crippen molar-refractivity contribution in [1.29, 1.82) is 0 Å². The van der Waals surface area contributed by atoms with E-state index in [1.54, 1.807) is 0 Å². The molecule has 11 heteroatoms. The zero-order valence-electron chi connectivity index (χ0n) is 12.3. The van der Waals surface area contributed by atoms with Gasteiger partial charge in [-0.1, -0.05) is 25.2 Å². The summed E-state index contributed by atoms with van der Waals surface area (Å²) in [6.07, 6.45) is 1.48. The molecule has 1 amide bonds. The number of aromatic amines is 1. The highest BCUT2D eigenvalue weighted by Gasteiger charge is 2.12. The summed E-state index contributed by atoms with van der Waals surface area (Å²) < 4.78 is 0. The van der Waals surface area contributed by atoms with Crippen molar-refractivity contribution >= 4 is 51.0 Å². The third kappa shape index (κ3) is 3.54. The molecule has 9 nitrogen and oxygen atoms in total. The molecular weight excluding hydrogens is 340 g/mol. The van der Waals surface area contributed by atoms with Crippen LogP contribution in [0.1, 0.15) is 24.8 Å². The predicted molar refractivity (Wildman–Crippen MR) is 87.8 cm³/mol. The average Bonchev–Trinajstić information content (AvgIpc) is 3.13. The number of hydrogen-bond acceptors (Lipinski definition) is 8. The molecule has 0 saturated heterocycles. The van der Waals surface area contributed by atoms with Crippen molar-refractivity contribution in [3.05, 3.63) is 16.6 Å². The largest absolute Gasteiger partial charge is 0.359 e. The molecule has 0 saturated carbocycles. The standard InChI is InChI=1S/C12H13ClN8OS/c1-5(2)10-20-21-12(23-10)17-6(22)3-14-8-7-9(16-4-15-7)19-11(13)18-8/h4-5H,3H2,1-2H3,(H,17,21,22)(H2,14,15,16,18,19). The van der Waals surface area contributed by atoms with Gasteiger partial charge in [0.15, 0.2) is 11.5 Å². The number of H-pyrrole nitrogens is 1. The Morgan fingerprint density at radius 1 is 1.39 bits per heavy atom. The Labute approximate surface area is 139 Å². The van der Waals surface area contributed by atoms with Crippen molar-refractivity contribution in [2.24, 2.45) is 0 Å². The molecule has 0 atom stereocenters. The lowest BCUT2D eigenvalue weighted by atomic mass is 10.2. The number of halogens is 1. The van der Waals surface area contributed by atoms with Gasteiger partial charge in [0.1, 0.15) is 10.5 Å². The maximum atomic E-state index is 12.0. The van der Waals surface area contributed by atoms with Crippen molar-refractivity contribution in [2.75, 3.05) is 17.2 Å². The molecule has 0 aliphatic carbocycles. The number of nitrogens with one attached hydrogen (secondary N) is 3. The van der Waals surface area contributed by atoms with Crippen molar-refractivity contribution in [3.8, 4) is 0 Å². The molecule has 0 unspecified atom stereocenters. The third-order valence-corrected chi connectivity index (χ3v) is 4.16. The molecule has 0 radical (unpaired) electrons. The molecular formula is C12H13ClN8OS. The van der Waals surface area contributed by atoms with E-state index in [4.69, 9.17) is 11.6 Å². The summed E-state index contributed by atoms with van der Waals surface area (Å²) in [5, 5.41) is 14.9. The number of rotatable bonds is 5. The van der Waals surface area contributed by atoms with E-state index < -0.39 is 0 Å². The lowest BCUT2D eigenvalue weighted by Gasteiger charge is -2.06. The fourth-order valence-corrected chi connectivity index (χ4v) is 2.71. The Kier molecular flexibility index (Phi) is 4.35. The van der Waals surface area contributed by atoms with Crippen molar-refractivity contribution in [3.63, 3.8) is 0 Å². The Balaban J connectivity index is 1.65. The molecule has 3 rings (SSSR count). The molecule has 0 bridgehead atoms. The maximum Gasteiger partial charge on any atom is 0.245 e. The van der Waals surface area contributed by atoms with E-state index in [2.05, 4.69) is 40.8 Å².